The lowest BCUT2D eigenvalue weighted by Crippen LogP contribution is -2.33. The molecular formula is C25H25FN2O7. The summed E-state index contributed by atoms with van der Waals surface area (Å²) in [7, 11) is 2.86. The topological polar surface area (TPSA) is 109 Å². The third kappa shape index (κ3) is 6.67. The molecule has 1 N–H and O–H groups in total. The van der Waals surface area contributed by atoms with Crippen LogP contribution in [0.3, 0.4) is 0 Å². The minimum Gasteiger partial charge on any atom is -0.493 e. The van der Waals surface area contributed by atoms with E-state index in [0.29, 0.717) is 5.56 Å². The standard InChI is InChI=1S/C25H25FN2O7/c1-32-12-13-34-24-15-21(28(30)31)18(14-23(24)33-2)25(29)27-20(17-8-4-3-5-9-17)16-35-22-11-7-6-10-19(22)26/h3-11,14-15,20H,12-13,16H2,1-2H3,(H,27,29). The first-order valence-corrected chi connectivity index (χ1v) is 10.7. The number of carbonyl (C=O) groups is 1. The number of hydrogen-bond acceptors (Lipinski definition) is 7. The van der Waals surface area contributed by atoms with E-state index in [2.05, 4.69) is 5.32 Å². The van der Waals surface area contributed by atoms with Crippen molar-refractivity contribution in [2.45, 2.75) is 6.04 Å². The van der Waals surface area contributed by atoms with Gasteiger partial charge in [0.25, 0.3) is 11.6 Å². The van der Waals surface area contributed by atoms with E-state index in [1.807, 2.05) is 0 Å². The Hall–Kier alpha value is -4.18. The molecule has 3 aromatic rings. The number of hydrogen-bond donors (Lipinski definition) is 1. The lowest BCUT2D eigenvalue weighted by atomic mass is 10.1. The number of nitrogens with one attached hydrogen (secondary N) is 1. The largest absolute Gasteiger partial charge is 0.493 e. The van der Waals surface area contributed by atoms with Gasteiger partial charge in [-0.15, -0.1) is 0 Å². The molecule has 3 aromatic carbocycles. The molecule has 9 nitrogen and oxygen atoms in total. The van der Waals surface area contributed by atoms with Crippen molar-refractivity contribution in [1.29, 1.82) is 0 Å². The zero-order valence-corrected chi connectivity index (χ0v) is 19.2. The van der Waals surface area contributed by atoms with Crippen molar-refractivity contribution in [3.8, 4) is 17.2 Å². The predicted octanol–water partition coefficient (Wildman–Crippen LogP) is 4.32. The van der Waals surface area contributed by atoms with Gasteiger partial charge in [0.15, 0.2) is 23.1 Å². The molecular weight excluding hydrogens is 459 g/mol. The first kappa shape index (κ1) is 25.4. The Balaban J connectivity index is 1.89. The van der Waals surface area contributed by atoms with Gasteiger partial charge in [0.1, 0.15) is 18.8 Å². The van der Waals surface area contributed by atoms with Crippen molar-refractivity contribution >= 4 is 11.6 Å². The van der Waals surface area contributed by atoms with Crippen LogP contribution in [0.5, 0.6) is 17.2 Å². The molecule has 35 heavy (non-hydrogen) atoms. The molecule has 0 aliphatic heterocycles. The van der Waals surface area contributed by atoms with Gasteiger partial charge < -0.3 is 24.3 Å². The molecule has 0 saturated heterocycles. The first-order chi connectivity index (χ1) is 16.9. The number of rotatable bonds is 12. The smallest absolute Gasteiger partial charge is 0.286 e. The molecule has 184 valence electrons. The number of amides is 1. The number of nitro benzene ring substituents is 1. The summed E-state index contributed by atoms with van der Waals surface area (Å²) in [6, 6.07) is 16.4. The Morgan fingerprint density at radius 2 is 1.69 bits per heavy atom. The van der Waals surface area contributed by atoms with Crippen LogP contribution in [0.15, 0.2) is 66.7 Å². The first-order valence-electron chi connectivity index (χ1n) is 10.7. The predicted molar refractivity (Wildman–Crippen MR) is 126 cm³/mol. The van der Waals surface area contributed by atoms with Gasteiger partial charge in [-0.3, -0.25) is 14.9 Å². The average Bonchev–Trinajstić information content (AvgIpc) is 2.87. The molecule has 1 unspecified atom stereocenters. The molecule has 0 aromatic heterocycles. The number of nitrogens with zero attached hydrogens (tertiary/aromatic N) is 1. The maximum absolute atomic E-state index is 14.0. The maximum Gasteiger partial charge on any atom is 0.286 e. The van der Waals surface area contributed by atoms with E-state index in [-0.39, 0.29) is 42.6 Å². The van der Waals surface area contributed by atoms with E-state index >= 15 is 0 Å². The molecule has 0 spiro atoms. The zero-order valence-electron chi connectivity index (χ0n) is 19.2. The van der Waals surface area contributed by atoms with Gasteiger partial charge in [-0.05, 0) is 17.7 Å². The fourth-order valence-electron chi connectivity index (χ4n) is 3.27. The molecule has 0 bridgehead atoms. The van der Waals surface area contributed by atoms with Gasteiger partial charge in [0.05, 0.1) is 30.7 Å². The van der Waals surface area contributed by atoms with E-state index in [9.17, 15) is 19.3 Å². The number of para-hydroxylation sites is 1. The van der Waals surface area contributed by atoms with Gasteiger partial charge in [-0.25, -0.2) is 4.39 Å². The van der Waals surface area contributed by atoms with E-state index in [4.69, 9.17) is 18.9 Å². The van der Waals surface area contributed by atoms with E-state index < -0.39 is 28.4 Å². The number of halogens is 1. The summed E-state index contributed by atoms with van der Waals surface area (Å²) >= 11 is 0. The quantitative estimate of drug-likeness (QED) is 0.232. The summed E-state index contributed by atoms with van der Waals surface area (Å²) in [5.41, 5.74) is -0.0124. The summed E-state index contributed by atoms with van der Waals surface area (Å²) in [4.78, 5) is 24.3. The summed E-state index contributed by atoms with van der Waals surface area (Å²) in [5, 5.41) is 14.5. The Labute approximate surface area is 201 Å². The molecule has 1 amide bonds. The number of methoxy groups -OCH3 is 2. The van der Waals surface area contributed by atoms with Crippen molar-refractivity contribution in [2.24, 2.45) is 0 Å². The van der Waals surface area contributed by atoms with Crippen LogP contribution in [0, 0.1) is 15.9 Å². The second-order valence-electron chi connectivity index (χ2n) is 7.30. The number of benzene rings is 3. The lowest BCUT2D eigenvalue weighted by molar-refractivity contribution is -0.385. The normalized spacial score (nSPS) is 11.4. The minimum atomic E-state index is -0.732. The summed E-state index contributed by atoms with van der Waals surface area (Å²) < 4.78 is 35.3. The summed E-state index contributed by atoms with van der Waals surface area (Å²) in [6.45, 7) is 0.290. The molecule has 10 heteroatoms. The molecule has 0 saturated carbocycles. The fraction of sp³-hybridized carbons (Fsp3) is 0.240. The zero-order chi connectivity index (χ0) is 25.2. The van der Waals surface area contributed by atoms with Crippen molar-refractivity contribution in [3.63, 3.8) is 0 Å². The molecule has 0 aliphatic carbocycles. The summed E-state index contributed by atoms with van der Waals surface area (Å²) in [6.07, 6.45) is 0. The second-order valence-corrected chi connectivity index (χ2v) is 7.30. The highest BCUT2D eigenvalue weighted by atomic mass is 19.1. The molecule has 0 aliphatic rings. The van der Waals surface area contributed by atoms with Crippen LogP contribution in [0.25, 0.3) is 0 Å². The second kappa shape index (κ2) is 12.3. The highest BCUT2D eigenvalue weighted by Gasteiger charge is 2.27. The Bertz CT molecular complexity index is 1160. The Kier molecular flexibility index (Phi) is 8.96. The lowest BCUT2D eigenvalue weighted by Gasteiger charge is -2.20. The molecule has 1 atom stereocenters. The van der Waals surface area contributed by atoms with Crippen molar-refractivity contribution < 1.29 is 33.1 Å². The molecule has 3 rings (SSSR count). The van der Waals surface area contributed by atoms with E-state index in [1.165, 1.54) is 38.5 Å². The fourth-order valence-corrected chi connectivity index (χ4v) is 3.27. The molecule has 0 radical (unpaired) electrons. The van der Waals surface area contributed by atoms with Gasteiger partial charge in [0.2, 0.25) is 0 Å². The van der Waals surface area contributed by atoms with Gasteiger partial charge in [-0.1, -0.05) is 42.5 Å². The van der Waals surface area contributed by atoms with Crippen LogP contribution in [-0.4, -0.2) is 44.9 Å². The maximum atomic E-state index is 14.0. The van der Waals surface area contributed by atoms with Gasteiger partial charge >= 0.3 is 0 Å². The van der Waals surface area contributed by atoms with E-state index in [1.54, 1.807) is 36.4 Å². The Morgan fingerprint density at radius 3 is 2.34 bits per heavy atom. The summed E-state index contributed by atoms with van der Waals surface area (Å²) in [5.74, 6) is -1.00. The minimum absolute atomic E-state index is 0.0212. The SMILES string of the molecule is COCCOc1cc([N+](=O)[O-])c(C(=O)NC(COc2ccccc2F)c2ccccc2)cc1OC. The van der Waals surface area contributed by atoms with Gasteiger partial charge in [-0.2, -0.15) is 0 Å². The number of ether oxygens (including phenoxy) is 4. The highest BCUT2D eigenvalue weighted by molar-refractivity contribution is 5.99. The van der Waals surface area contributed by atoms with Crippen molar-refractivity contribution in [2.75, 3.05) is 34.0 Å². The van der Waals surface area contributed by atoms with Gasteiger partial charge in [0, 0.05) is 13.2 Å². The van der Waals surface area contributed by atoms with Crippen LogP contribution in [0.2, 0.25) is 0 Å². The average molecular weight is 484 g/mol. The van der Waals surface area contributed by atoms with Crippen molar-refractivity contribution in [1.82, 2.24) is 5.32 Å². The van der Waals surface area contributed by atoms with Crippen LogP contribution < -0.4 is 19.5 Å². The Morgan fingerprint density at radius 1 is 0.971 bits per heavy atom. The van der Waals surface area contributed by atoms with Crippen LogP contribution in [0.4, 0.5) is 10.1 Å². The third-order valence-electron chi connectivity index (χ3n) is 5.02. The highest BCUT2D eigenvalue weighted by Crippen LogP contribution is 2.35. The third-order valence-corrected chi connectivity index (χ3v) is 5.02. The van der Waals surface area contributed by atoms with Crippen LogP contribution in [-0.2, 0) is 4.74 Å². The van der Waals surface area contributed by atoms with Crippen LogP contribution >= 0.6 is 0 Å². The molecule has 0 fully saturated rings. The number of carbonyl (C=O) groups excluding carboxylic acids is 1. The molecule has 0 heterocycles. The van der Waals surface area contributed by atoms with Crippen LogP contribution in [0.1, 0.15) is 22.0 Å². The monoisotopic (exact) mass is 484 g/mol. The number of nitro groups is 1. The van der Waals surface area contributed by atoms with E-state index in [0.717, 1.165) is 6.07 Å². The van der Waals surface area contributed by atoms with Crippen molar-refractivity contribution in [3.05, 3.63) is 93.8 Å².